The lowest BCUT2D eigenvalue weighted by Gasteiger charge is -2.13. The van der Waals surface area contributed by atoms with Crippen molar-refractivity contribution in [2.24, 2.45) is 0 Å². The van der Waals surface area contributed by atoms with E-state index >= 15 is 0 Å². The van der Waals surface area contributed by atoms with Crippen molar-refractivity contribution in [1.82, 2.24) is 0 Å². The van der Waals surface area contributed by atoms with Gasteiger partial charge in [0.2, 0.25) is 0 Å². The maximum atomic E-state index is 11.8. The summed E-state index contributed by atoms with van der Waals surface area (Å²) in [5.74, 6) is -0.0932. The summed E-state index contributed by atoms with van der Waals surface area (Å²) in [6, 6.07) is 6.22. The van der Waals surface area contributed by atoms with Crippen LogP contribution in [0.3, 0.4) is 0 Å². The Bertz CT molecular complexity index is 631. The first kappa shape index (κ1) is 11.5. The molecule has 2 aromatic rings. The number of hydrogen-bond acceptors (Lipinski definition) is 3. The Morgan fingerprint density at radius 3 is 2.71 bits per heavy atom. The molecule has 17 heavy (non-hydrogen) atoms. The molecule has 1 aromatic heterocycles. The predicted molar refractivity (Wildman–Crippen MR) is 65.1 cm³/mol. The summed E-state index contributed by atoms with van der Waals surface area (Å²) < 4.78 is 5.12. The van der Waals surface area contributed by atoms with Crippen molar-refractivity contribution in [2.75, 3.05) is 0 Å². The summed E-state index contributed by atoms with van der Waals surface area (Å²) in [5, 5.41) is 12.5. The highest BCUT2D eigenvalue weighted by atomic mass is 16.4. The average Bonchev–Trinajstić information content (AvgIpc) is 2.27. The quantitative estimate of drug-likeness (QED) is 0.586. The van der Waals surface area contributed by atoms with Crippen LogP contribution in [-0.2, 0) is 6.42 Å². The van der Waals surface area contributed by atoms with E-state index in [-0.39, 0.29) is 5.75 Å². The zero-order valence-corrected chi connectivity index (χ0v) is 9.82. The molecule has 3 heteroatoms. The molecular weight excluding hydrogens is 216 g/mol. The van der Waals surface area contributed by atoms with Gasteiger partial charge in [-0.1, -0.05) is 23.8 Å². The van der Waals surface area contributed by atoms with Crippen LogP contribution in [0.1, 0.15) is 19.4 Å². The second-order valence-electron chi connectivity index (χ2n) is 4.20. The first-order chi connectivity index (χ1) is 8.08. The van der Waals surface area contributed by atoms with Gasteiger partial charge in [0.15, 0.2) is 0 Å². The van der Waals surface area contributed by atoms with Crippen LogP contribution in [0.15, 0.2) is 45.1 Å². The van der Waals surface area contributed by atoms with E-state index in [4.69, 9.17) is 4.42 Å². The highest BCUT2D eigenvalue weighted by Gasteiger charge is 2.04. The summed E-state index contributed by atoms with van der Waals surface area (Å²) in [7, 11) is 0. The maximum absolute atomic E-state index is 11.8. The third kappa shape index (κ3) is 2.38. The predicted octanol–water partition coefficient (Wildman–Crippen LogP) is 2.38. The van der Waals surface area contributed by atoms with E-state index in [9.17, 15) is 9.90 Å². The Kier molecular flexibility index (Phi) is 3.00. The highest BCUT2D eigenvalue weighted by molar-refractivity contribution is 5.81. The van der Waals surface area contributed by atoms with Gasteiger partial charge in [-0.25, -0.2) is 4.79 Å². The SMILES string of the molecule is CC(C)=CCc1c([O-])ccc2ccc(=O)oc12. The minimum Gasteiger partial charge on any atom is -0.872 e. The van der Waals surface area contributed by atoms with Crippen molar-refractivity contribution in [3.63, 3.8) is 0 Å². The molecule has 2 rings (SSSR count). The molecule has 1 heterocycles. The third-order valence-corrected chi connectivity index (χ3v) is 2.56. The Hall–Kier alpha value is -2.03. The van der Waals surface area contributed by atoms with Crippen molar-refractivity contribution in [2.45, 2.75) is 20.3 Å². The molecule has 0 saturated carbocycles. The van der Waals surface area contributed by atoms with Gasteiger partial charge in [-0.3, -0.25) is 0 Å². The fourth-order valence-corrected chi connectivity index (χ4v) is 1.67. The topological polar surface area (TPSA) is 53.3 Å². The van der Waals surface area contributed by atoms with Crippen LogP contribution >= 0.6 is 0 Å². The summed E-state index contributed by atoms with van der Waals surface area (Å²) in [6.45, 7) is 3.93. The zero-order valence-electron chi connectivity index (χ0n) is 9.82. The van der Waals surface area contributed by atoms with E-state index in [1.165, 1.54) is 12.1 Å². The van der Waals surface area contributed by atoms with Crippen LogP contribution in [0.2, 0.25) is 0 Å². The van der Waals surface area contributed by atoms with Gasteiger partial charge in [0.1, 0.15) is 5.58 Å². The number of fused-ring (bicyclic) bond motifs is 1. The smallest absolute Gasteiger partial charge is 0.336 e. The minimum absolute atomic E-state index is 0.0932. The van der Waals surface area contributed by atoms with Gasteiger partial charge in [-0.2, -0.15) is 0 Å². The molecular formula is C14H13O3-. The van der Waals surface area contributed by atoms with Crippen LogP contribution in [0, 0.1) is 0 Å². The van der Waals surface area contributed by atoms with Gasteiger partial charge < -0.3 is 9.52 Å². The molecule has 0 saturated heterocycles. The molecule has 0 unspecified atom stereocenters. The van der Waals surface area contributed by atoms with Gasteiger partial charge in [-0.05, 0) is 31.9 Å². The minimum atomic E-state index is -0.429. The van der Waals surface area contributed by atoms with Crippen molar-refractivity contribution >= 4 is 11.0 Å². The maximum Gasteiger partial charge on any atom is 0.336 e. The standard InChI is InChI=1S/C14H14O3/c1-9(2)3-6-11-12(15)7-4-10-5-8-13(16)17-14(10)11/h3-5,7-8,15H,6H2,1-2H3/p-1. The van der Waals surface area contributed by atoms with E-state index in [1.807, 2.05) is 19.9 Å². The lowest BCUT2D eigenvalue weighted by Crippen LogP contribution is -2.01. The number of allylic oxidation sites excluding steroid dienone is 2. The van der Waals surface area contributed by atoms with Crippen LogP contribution in [0.4, 0.5) is 0 Å². The molecule has 0 atom stereocenters. The van der Waals surface area contributed by atoms with Crippen molar-refractivity contribution in [3.8, 4) is 5.75 Å². The third-order valence-electron chi connectivity index (χ3n) is 2.56. The Labute approximate surface area is 99.0 Å². The largest absolute Gasteiger partial charge is 0.872 e. The van der Waals surface area contributed by atoms with Crippen LogP contribution in [-0.4, -0.2) is 0 Å². The molecule has 0 radical (unpaired) electrons. The summed E-state index contributed by atoms with van der Waals surface area (Å²) in [5.41, 5.74) is 1.64. The summed E-state index contributed by atoms with van der Waals surface area (Å²) in [4.78, 5) is 11.2. The number of rotatable bonds is 2. The van der Waals surface area contributed by atoms with Crippen LogP contribution < -0.4 is 10.7 Å². The monoisotopic (exact) mass is 229 g/mol. The lowest BCUT2D eigenvalue weighted by molar-refractivity contribution is -0.269. The molecule has 3 nitrogen and oxygen atoms in total. The zero-order chi connectivity index (χ0) is 12.4. The van der Waals surface area contributed by atoms with Gasteiger partial charge in [0, 0.05) is 11.5 Å². The van der Waals surface area contributed by atoms with E-state index in [1.54, 1.807) is 12.1 Å². The van der Waals surface area contributed by atoms with E-state index in [2.05, 4.69) is 0 Å². The van der Waals surface area contributed by atoms with Gasteiger partial charge in [-0.15, -0.1) is 5.75 Å². The van der Waals surface area contributed by atoms with E-state index in [0.717, 1.165) is 11.0 Å². The normalized spacial score (nSPS) is 10.5. The second kappa shape index (κ2) is 4.45. The molecule has 88 valence electrons. The van der Waals surface area contributed by atoms with Gasteiger partial charge >= 0.3 is 5.63 Å². The lowest BCUT2D eigenvalue weighted by atomic mass is 10.1. The Morgan fingerprint density at radius 1 is 1.29 bits per heavy atom. The molecule has 1 aromatic carbocycles. The van der Waals surface area contributed by atoms with Crippen molar-refractivity contribution < 1.29 is 9.52 Å². The summed E-state index contributed by atoms with van der Waals surface area (Å²) >= 11 is 0. The molecule has 0 fully saturated rings. The molecule has 0 spiro atoms. The van der Waals surface area contributed by atoms with Crippen molar-refractivity contribution in [1.29, 1.82) is 0 Å². The van der Waals surface area contributed by atoms with Gasteiger partial charge in [0.25, 0.3) is 0 Å². The molecule has 0 aliphatic heterocycles. The molecule has 0 aliphatic rings. The van der Waals surface area contributed by atoms with E-state index in [0.29, 0.717) is 17.6 Å². The molecule has 0 N–H and O–H groups in total. The fraction of sp³-hybridized carbons (Fsp3) is 0.214. The van der Waals surface area contributed by atoms with E-state index < -0.39 is 5.63 Å². The first-order valence-electron chi connectivity index (χ1n) is 5.44. The number of hydrogen-bond donors (Lipinski definition) is 0. The molecule has 0 bridgehead atoms. The first-order valence-corrected chi connectivity index (χ1v) is 5.44. The Balaban J connectivity index is 2.66. The van der Waals surface area contributed by atoms with Gasteiger partial charge in [0.05, 0.1) is 0 Å². The second-order valence-corrected chi connectivity index (χ2v) is 4.20. The molecule has 0 amide bonds. The average molecular weight is 229 g/mol. The highest BCUT2D eigenvalue weighted by Crippen LogP contribution is 2.25. The Morgan fingerprint density at radius 2 is 2.00 bits per heavy atom. The molecule has 0 aliphatic carbocycles. The van der Waals surface area contributed by atoms with Crippen molar-refractivity contribution in [3.05, 3.63) is 51.9 Å². The fourth-order valence-electron chi connectivity index (χ4n) is 1.67. The number of benzene rings is 1. The van der Waals surface area contributed by atoms with Crippen LogP contribution in [0.5, 0.6) is 5.75 Å². The van der Waals surface area contributed by atoms with Crippen LogP contribution in [0.25, 0.3) is 11.0 Å². The summed E-state index contributed by atoms with van der Waals surface area (Å²) in [6.07, 6.45) is 2.44.